The van der Waals surface area contributed by atoms with Crippen molar-refractivity contribution >= 4 is 17.1 Å². The molecular formula is C57H56N4. The second-order valence-electron chi connectivity index (χ2n) is 16.6. The van der Waals surface area contributed by atoms with Gasteiger partial charge in [0.25, 0.3) is 0 Å². The molecule has 4 heteroatoms. The molecule has 0 unspecified atom stereocenters. The number of anilines is 3. The molecule has 0 bridgehead atoms. The third kappa shape index (κ3) is 8.46. The van der Waals surface area contributed by atoms with E-state index in [0.29, 0.717) is 0 Å². The molecule has 0 spiro atoms. The van der Waals surface area contributed by atoms with Gasteiger partial charge < -0.3 is 20.0 Å². The van der Waals surface area contributed by atoms with Gasteiger partial charge in [-0.15, -0.1) is 0 Å². The zero-order valence-electron chi connectivity index (χ0n) is 36.5. The minimum absolute atomic E-state index is 0.636. The highest BCUT2D eigenvalue weighted by atomic mass is 15.1. The summed E-state index contributed by atoms with van der Waals surface area (Å²) < 4.78 is 0. The van der Waals surface area contributed by atoms with Crippen molar-refractivity contribution in [2.75, 3.05) is 64.0 Å². The molecule has 8 rings (SSSR count). The first-order valence-electron chi connectivity index (χ1n) is 21.1. The highest BCUT2D eigenvalue weighted by molar-refractivity contribution is 5.74. The SMILES string of the molecule is CNCc1ccc(-c2ccc(C(c3ccc(-c4ccc(N(C)C)cc4)cc3)(c3ccc(-c4ccc(N(C)C)cc4)cc3)c3ccc(-c4ccc(N(C)C)cc4)cc3)cc2)cc1. The Kier molecular flexibility index (Phi) is 11.9. The molecule has 0 saturated heterocycles. The summed E-state index contributed by atoms with van der Waals surface area (Å²) in [6.07, 6.45) is 0. The summed E-state index contributed by atoms with van der Waals surface area (Å²) in [6, 6.07) is 72.3. The van der Waals surface area contributed by atoms with Crippen molar-refractivity contribution in [3.05, 3.63) is 222 Å². The maximum absolute atomic E-state index is 3.27. The predicted molar refractivity (Wildman–Crippen MR) is 262 cm³/mol. The van der Waals surface area contributed by atoms with E-state index in [2.05, 4.69) is 256 Å². The van der Waals surface area contributed by atoms with Crippen molar-refractivity contribution in [2.24, 2.45) is 0 Å². The Labute approximate surface area is 363 Å². The number of nitrogens with one attached hydrogen (secondary N) is 1. The second kappa shape index (κ2) is 17.8. The van der Waals surface area contributed by atoms with Gasteiger partial charge >= 0.3 is 0 Å². The van der Waals surface area contributed by atoms with E-state index >= 15 is 0 Å². The van der Waals surface area contributed by atoms with Crippen LogP contribution in [0.4, 0.5) is 17.1 Å². The highest BCUT2D eigenvalue weighted by Crippen LogP contribution is 2.47. The molecule has 0 fully saturated rings. The molecule has 4 nitrogen and oxygen atoms in total. The van der Waals surface area contributed by atoms with Gasteiger partial charge in [0, 0.05) is 65.9 Å². The number of rotatable bonds is 13. The molecule has 0 aliphatic rings. The standard InChI is InChI=1S/C57H56N4/c1-58-40-41-8-10-42(11-9-41)43-12-26-50(27-13-43)57(51-28-14-44(15-29-51)47-20-34-54(35-21-47)59(2)3,52-30-16-45(17-31-52)48-22-36-55(37-23-48)60(4)5)53-32-18-46(19-33-53)49-24-38-56(39-25-49)61(6)7/h8-39,58H,40H2,1-7H3. The van der Waals surface area contributed by atoms with Gasteiger partial charge in [0.1, 0.15) is 0 Å². The van der Waals surface area contributed by atoms with Gasteiger partial charge in [0.15, 0.2) is 0 Å². The number of nitrogens with zero attached hydrogens (tertiary/aromatic N) is 3. The molecule has 0 aromatic heterocycles. The van der Waals surface area contributed by atoms with Gasteiger partial charge in [-0.1, -0.05) is 158 Å². The van der Waals surface area contributed by atoms with Crippen molar-refractivity contribution in [3.63, 3.8) is 0 Å². The number of hydrogen-bond donors (Lipinski definition) is 1. The van der Waals surface area contributed by atoms with E-state index in [1.165, 1.54) is 89.4 Å². The molecule has 8 aromatic rings. The van der Waals surface area contributed by atoms with E-state index in [1.807, 2.05) is 7.05 Å². The minimum Gasteiger partial charge on any atom is -0.378 e. The van der Waals surface area contributed by atoms with Crippen LogP contribution in [0.25, 0.3) is 44.5 Å². The Bertz CT molecular complexity index is 2410. The van der Waals surface area contributed by atoms with Gasteiger partial charge in [-0.05, 0) is 116 Å². The van der Waals surface area contributed by atoms with Gasteiger partial charge in [-0.2, -0.15) is 0 Å². The average molecular weight is 797 g/mol. The van der Waals surface area contributed by atoms with Crippen LogP contribution in [0.15, 0.2) is 194 Å². The fourth-order valence-electron chi connectivity index (χ4n) is 8.53. The summed E-state index contributed by atoms with van der Waals surface area (Å²) in [7, 11) is 14.5. The van der Waals surface area contributed by atoms with E-state index in [4.69, 9.17) is 0 Å². The third-order valence-electron chi connectivity index (χ3n) is 12.1. The van der Waals surface area contributed by atoms with E-state index in [-0.39, 0.29) is 0 Å². The Morgan fingerprint density at radius 1 is 0.295 bits per heavy atom. The molecule has 0 atom stereocenters. The molecule has 0 heterocycles. The number of hydrogen-bond acceptors (Lipinski definition) is 4. The summed E-state index contributed by atoms with van der Waals surface area (Å²) in [4.78, 5) is 6.42. The van der Waals surface area contributed by atoms with Gasteiger partial charge in [-0.25, -0.2) is 0 Å². The maximum Gasteiger partial charge on any atom is 0.0701 e. The first-order valence-corrected chi connectivity index (χ1v) is 21.1. The largest absolute Gasteiger partial charge is 0.378 e. The lowest BCUT2D eigenvalue weighted by molar-refractivity contribution is 0.745. The summed E-state index contributed by atoms with van der Waals surface area (Å²) in [6.45, 7) is 0.849. The molecule has 0 saturated carbocycles. The molecular weight excluding hydrogens is 741 g/mol. The monoisotopic (exact) mass is 796 g/mol. The number of benzene rings is 8. The predicted octanol–water partition coefficient (Wildman–Crippen LogP) is 12.7. The van der Waals surface area contributed by atoms with Gasteiger partial charge in [0.2, 0.25) is 0 Å². The topological polar surface area (TPSA) is 21.8 Å². The molecule has 8 aromatic carbocycles. The van der Waals surface area contributed by atoms with Crippen LogP contribution in [-0.2, 0) is 12.0 Å². The Hall–Kier alpha value is -6.88. The lowest BCUT2D eigenvalue weighted by Crippen LogP contribution is -2.31. The van der Waals surface area contributed by atoms with Crippen LogP contribution in [0.3, 0.4) is 0 Å². The summed E-state index contributed by atoms with van der Waals surface area (Å²) in [5.41, 5.74) is 18.6. The molecule has 0 aliphatic heterocycles. The molecule has 0 amide bonds. The lowest BCUT2D eigenvalue weighted by Gasteiger charge is -2.37. The first kappa shape index (κ1) is 40.9. The van der Waals surface area contributed by atoms with Crippen molar-refractivity contribution in [1.29, 1.82) is 0 Å². The van der Waals surface area contributed by atoms with Crippen molar-refractivity contribution < 1.29 is 0 Å². The Morgan fingerprint density at radius 3 is 0.689 bits per heavy atom. The van der Waals surface area contributed by atoms with Crippen LogP contribution in [-0.4, -0.2) is 49.3 Å². The van der Waals surface area contributed by atoms with E-state index in [9.17, 15) is 0 Å². The second-order valence-corrected chi connectivity index (χ2v) is 16.6. The van der Waals surface area contributed by atoms with Crippen LogP contribution in [0, 0.1) is 0 Å². The Balaban J connectivity index is 1.30. The van der Waals surface area contributed by atoms with Crippen LogP contribution in [0.1, 0.15) is 27.8 Å². The molecule has 0 aliphatic carbocycles. The summed E-state index contributed by atoms with van der Waals surface area (Å²) in [5, 5.41) is 3.27. The normalized spacial score (nSPS) is 11.3. The smallest absolute Gasteiger partial charge is 0.0701 e. The van der Waals surface area contributed by atoms with E-state index in [1.54, 1.807) is 0 Å². The fourth-order valence-corrected chi connectivity index (χ4v) is 8.53. The zero-order valence-corrected chi connectivity index (χ0v) is 36.5. The van der Waals surface area contributed by atoms with Crippen molar-refractivity contribution in [2.45, 2.75) is 12.0 Å². The quantitative estimate of drug-likeness (QED) is 0.117. The van der Waals surface area contributed by atoms with Gasteiger partial charge in [0.05, 0.1) is 5.41 Å². The summed E-state index contributed by atoms with van der Waals surface area (Å²) >= 11 is 0. The molecule has 304 valence electrons. The fraction of sp³-hybridized carbons (Fsp3) is 0.158. The molecule has 0 radical (unpaired) electrons. The maximum atomic E-state index is 3.27. The van der Waals surface area contributed by atoms with E-state index in [0.717, 1.165) is 6.54 Å². The average Bonchev–Trinajstić information content (AvgIpc) is 3.30. The van der Waals surface area contributed by atoms with Crippen LogP contribution in [0.5, 0.6) is 0 Å². The van der Waals surface area contributed by atoms with Gasteiger partial charge in [-0.3, -0.25) is 0 Å². The zero-order chi connectivity index (χ0) is 42.5. The van der Waals surface area contributed by atoms with Crippen LogP contribution in [0.2, 0.25) is 0 Å². The van der Waals surface area contributed by atoms with Crippen molar-refractivity contribution in [3.8, 4) is 44.5 Å². The van der Waals surface area contributed by atoms with Crippen LogP contribution >= 0.6 is 0 Å². The molecule has 61 heavy (non-hydrogen) atoms. The van der Waals surface area contributed by atoms with E-state index < -0.39 is 5.41 Å². The minimum atomic E-state index is -0.636. The van der Waals surface area contributed by atoms with Crippen LogP contribution < -0.4 is 20.0 Å². The van der Waals surface area contributed by atoms with Crippen molar-refractivity contribution in [1.82, 2.24) is 5.32 Å². The highest BCUT2D eigenvalue weighted by Gasteiger charge is 2.38. The molecule has 1 N–H and O–H groups in total. The Morgan fingerprint density at radius 2 is 0.492 bits per heavy atom. The first-order chi connectivity index (χ1) is 29.6. The summed E-state index contributed by atoms with van der Waals surface area (Å²) in [5.74, 6) is 0. The third-order valence-corrected chi connectivity index (χ3v) is 12.1. The lowest BCUT2D eigenvalue weighted by atomic mass is 9.64.